The first-order valence-corrected chi connectivity index (χ1v) is 9.15. The molecule has 2 nitrogen and oxygen atoms in total. The van der Waals surface area contributed by atoms with E-state index >= 15 is 0 Å². The van der Waals surface area contributed by atoms with Crippen molar-refractivity contribution >= 4 is 15.9 Å². The maximum absolute atomic E-state index is 3.51. The van der Waals surface area contributed by atoms with E-state index in [1.165, 1.54) is 68.6 Å². The largest absolute Gasteiger partial charge is 0.325 e. The molecule has 21 heavy (non-hydrogen) atoms. The molecule has 1 atom stereocenters. The first kappa shape index (κ1) is 15.3. The van der Waals surface area contributed by atoms with E-state index in [0.29, 0.717) is 0 Å². The number of nitrogens with one attached hydrogen (secondary N) is 2. The molecule has 1 aromatic rings. The lowest BCUT2D eigenvalue weighted by Crippen LogP contribution is -3.27. The number of piperazine rings is 1. The van der Waals surface area contributed by atoms with Crippen LogP contribution in [0.1, 0.15) is 24.8 Å². The molecule has 2 N–H and O–H groups in total. The maximum atomic E-state index is 3.51. The molecule has 1 saturated heterocycles. The molecule has 0 amide bonds. The zero-order valence-electron chi connectivity index (χ0n) is 12.8. The van der Waals surface area contributed by atoms with Crippen molar-refractivity contribution in [2.24, 2.45) is 5.92 Å². The minimum Gasteiger partial charge on any atom is -0.325 e. The second-order valence-corrected chi connectivity index (χ2v) is 7.57. The van der Waals surface area contributed by atoms with E-state index in [-0.39, 0.29) is 0 Å². The van der Waals surface area contributed by atoms with Crippen LogP contribution in [0.4, 0.5) is 0 Å². The van der Waals surface area contributed by atoms with Gasteiger partial charge in [-0.1, -0.05) is 40.2 Å². The summed E-state index contributed by atoms with van der Waals surface area (Å²) < 4.78 is 1.18. The van der Waals surface area contributed by atoms with Gasteiger partial charge in [-0.2, -0.15) is 0 Å². The highest BCUT2D eigenvalue weighted by Gasteiger charge is 2.25. The molecular weight excluding hydrogens is 324 g/mol. The molecule has 1 aliphatic heterocycles. The zero-order chi connectivity index (χ0) is 14.5. The van der Waals surface area contributed by atoms with E-state index in [9.17, 15) is 0 Å². The van der Waals surface area contributed by atoms with E-state index in [0.717, 1.165) is 5.92 Å². The van der Waals surface area contributed by atoms with Gasteiger partial charge in [0, 0.05) is 16.0 Å². The van der Waals surface area contributed by atoms with Crippen molar-refractivity contribution in [3.63, 3.8) is 0 Å². The highest BCUT2D eigenvalue weighted by molar-refractivity contribution is 9.10. The molecule has 0 spiro atoms. The van der Waals surface area contributed by atoms with Crippen LogP contribution in [0.5, 0.6) is 0 Å². The van der Waals surface area contributed by atoms with Crippen LogP contribution in [0, 0.1) is 5.92 Å². The molecule has 3 rings (SSSR count). The van der Waals surface area contributed by atoms with E-state index in [1.54, 1.807) is 4.90 Å². The molecule has 1 heterocycles. The molecule has 2 aliphatic rings. The van der Waals surface area contributed by atoms with Crippen LogP contribution in [0.25, 0.3) is 0 Å². The second kappa shape index (κ2) is 7.57. The topological polar surface area (TPSA) is 8.88 Å². The summed E-state index contributed by atoms with van der Waals surface area (Å²) in [5.41, 5.74) is 1.47. The van der Waals surface area contributed by atoms with Gasteiger partial charge in [0.15, 0.2) is 0 Å². The fourth-order valence-corrected chi connectivity index (χ4v) is 3.94. The Labute approximate surface area is 136 Å². The molecule has 1 aromatic carbocycles. The van der Waals surface area contributed by atoms with E-state index < -0.39 is 0 Å². The third-order valence-corrected chi connectivity index (χ3v) is 5.52. The lowest BCUT2D eigenvalue weighted by molar-refractivity contribution is -1.02. The average molecular weight is 351 g/mol. The van der Waals surface area contributed by atoms with Crippen LogP contribution >= 0.6 is 15.9 Å². The predicted molar refractivity (Wildman–Crippen MR) is 90.6 cm³/mol. The van der Waals surface area contributed by atoms with Crippen LogP contribution in [-0.4, -0.2) is 32.7 Å². The Morgan fingerprint density at radius 2 is 1.67 bits per heavy atom. The highest BCUT2D eigenvalue weighted by Crippen LogP contribution is 2.16. The Morgan fingerprint density at radius 3 is 2.33 bits per heavy atom. The fourth-order valence-electron chi connectivity index (χ4n) is 3.68. The van der Waals surface area contributed by atoms with Gasteiger partial charge in [0.2, 0.25) is 0 Å². The number of benzene rings is 1. The summed E-state index contributed by atoms with van der Waals surface area (Å²) in [7, 11) is 0. The van der Waals surface area contributed by atoms with Gasteiger partial charge in [-0.15, -0.1) is 0 Å². The summed E-state index contributed by atoms with van der Waals surface area (Å²) in [5.74, 6) is 0.943. The van der Waals surface area contributed by atoms with Crippen molar-refractivity contribution in [2.75, 3.05) is 32.7 Å². The van der Waals surface area contributed by atoms with Crippen LogP contribution in [0.3, 0.4) is 0 Å². The van der Waals surface area contributed by atoms with Crippen molar-refractivity contribution < 1.29 is 9.80 Å². The Morgan fingerprint density at radius 1 is 0.952 bits per heavy atom. The van der Waals surface area contributed by atoms with Gasteiger partial charge in [0.1, 0.15) is 32.7 Å². The summed E-state index contributed by atoms with van der Waals surface area (Å²) in [5, 5.41) is 0. The van der Waals surface area contributed by atoms with Crippen LogP contribution in [0.2, 0.25) is 0 Å². The molecule has 1 unspecified atom stereocenters. The molecule has 0 radical (unpaired) electrons. The molecule has 3 heteroatoms. The lowest BCUT2D eigenvalue weighted by atomic mass is 9.94. The molecule has 114 valence electrons. The van der Waals surface area contributed by atoms with Crippen molar-refractivity contribution in [1.29, 1.82) is 0 Å². The molecule has 1 aliphatic carbocycles. The normalized spacial score (nSPS) is 29.5. The summed E-state index contributed by atoms with van der Waals surface area (Å²) in [6.07, 6.45) is 8.78. The van der Waals surface area contributed by atoms with Gasteiger partial charge in [-0.3, -0.25) is 0 Å². The standard InChI is InChI=1S/C18H25BrN2/c19-18-8-6-17(7-9-18)15-21-12-10-20(11-13-21)14-16-4-2-1-3-5-16/h1-2,6-9,16H,3-5,10-15H2/p+2. The van der Waals surface area contributed by atoms with Gasteiger partial charge in [0.25, 0.3) is 0 Å². The van der Waals surface area contributed by atoms with Crippen LogP contribution in [0.15, 0.2) is 40.9 Å². The summed E-state index contributed by atoms with van der Waals surface area (Å²) >= 11 is 3.51. The number of rotatable bonds is 4. The highest BCUT2D eigenvalue weighted by atomic mass is 79.9. The Hall–Kier alpha value is -0.640. The minimum absolute atomic E-state index is 0.943. The molecule has 1 fully saturated rings. The SMILES string of the molecule is Brc1ccc(C[NH+]2CC[NH+](CC3CC=CCC3)CC2)cc1. The number of halogens is 1. The number of hydrogen-bond donors (Lipinski definition) is 2. The zero-order valence-corrected chi connectivity index (χ0v) is 14.4. The fraction of sp³-hybridized carbons (Fsp3) is 0.556. The monoisotopic (exact) mass is 350 g/mol. The first-order chi connectivity index (χ1) is 10.3. The molecule has 0 aromatic heterocycles. The number of allylic oxidation sites excluding steroid dienone is 2. The van der Waals surface area contributed by atoms with Crippen molar-refractivity contribution in [3.8, 4) is 0 Å². The van der Waals surface area contributed by atoms with Gasteiger partial charge >= 0.3 is 0 Å². The van der Waals surface area contributed by atoms with Gasteiger partial charge in [-0.05, 0) is 31.4 Å². The quantitative estimate of drug-likeness (QED) is 0.752. The van der Waals surface area contributed by atoms with E-state index in [2.05, 4.69) is 52.3 Å². The van der Waals surface area contributed by atoms with Crippen molar-refractivity contribution in [1.82, 2.24) is 0 Å². The van der Waals surface area contributed by atoms with E-state index in [1.807, 2.05) is 4.90 Å². The van der Waals surface area contributed by atoms with Crippen molar-refractivity contribution in [2.45, 2.75) is 25.8 Å². The second-order valence-electron chi connectivity index (χ2n) is 6.66. The summed E-state index contributed by atoms with van der Waals surface area (Å²) in [6, 6.07) is 8.83. The smallest absolute Gasteiger partial charge is 0.127 e. The van der Waals surface area contributed by atoms with E-state index in [4.69, 9.17) is 0 Å². The van der Waals surface area contributed by atoms with Gasteiger partial charge in [-0.25, -0.2) is 0 Å². The van der Waals surface area contributed by atoms with Crippen molar-refractivity contribution in [3.05, 3.63) is 46.5 Å². The Kier molecular flexibility index (Phi) is 5.50. The molecular formula is C18H27BrN2+2. The Balaban J connectivity index is 1.42. The average Bonchev–Trinajstić information content (AvgIpc) is 2.53. The predicted octanol–water partition coefficient (Wildman–Crippen LogP) is 1.09. The lowest BCUT2D eigenvalue weighted by Gasteiger charge is -2.32. The van der Waals surface area contributed by atoms with Crippen LogP contribution < -0.4 is 9.80 Å². The third kappa shape index (κ3) is 4.67. The molecule has 0 bridgehead atoms. The molecule has 0 saturated carbocycles. The summed E-state index contributed by atoms with van der Waals surface area (Å²) in [6.45, 7) is 7.95. The first-order valence-electron chi connectivity index (χ1n) is 8.36. The third-order valence-electron chi connectivity index (χ3n) is 4.99. The van der Waals surface area contributed by atoms with Gasteiger partial charge in [0.05, 0.1) is 6.54 Å². The number of quaternary nitrogens is 2. The summed E-state index contributed by atoms with van der Waals surface area (Å²) in [4.78, 5) is 3.60. The minimum atomic E-state index is 0.943. The maximum Gasteiger partial charge on any atom is 0.127 e. The van der Waals surface area contributed by atoms with Crippen LogP contribution in [-0.2, 0) is 6.54 Å². The Bertz CT molecular complexity index is 461. The number of hydrogen-bond acceptors (Lipinski definition) is 0. The van der Waals surface area contributed by atoms with Gasteiger partial charge < -0.3 is 9.80 Å².